The molecule has 6 heteroatoms. The molecule has 4 nitrogen and oxygen atoms in total. The molecule has 0 aliphatic rings. The lowest BCUT2D eigenvalue weighted by Crippen LogP contribution is -3.00. The summed E-state index contributed by atoms with van der Waals surface area (Å²) >= 11 is 0. The Hall–Kier alpha value is -1.97. The molecule has 3 rings (SSSR count). The van der Waals surface area contributed by atoms with Crippen LogP contribution in [0.15, 0.2) is 73.1 Å². The van der Waals surface area contributed by atoms with Gasteiger partial charge in [-0.05, 0) is 43.5 Å². The van der Waals surface area contributed by atoms with Gasteiger partial charge in [-0.1, -0.05) is 68.5 Å². The third-order valence-electron chi connectivity index (χ3n) is 6.16. The second-order valence-corrected chi connectivity index (χ2v) is 12.2. The van der Waals surface area contributed by atoms with Gasteiger partial charge >= 0.3 is 5.97 Å². The molecule has 0 unspecified atom stereocenters. The van der Waals surface area contributed by atoms with Crippen LogP contribution < -0.4 is 32.9 Å². The van der Waals surface area contributed by atoms with Crippen LogP contribution in [0.3, 0.4) is 0 Å². The Morgan fingerprint density at radius 2 is 1.27 bits per heavy atom. The molecule has 33 heavy (non-hydrogen) atoms. The molecule has 0 amide bonds. The normalized spacial score (nSPS) is 11.2. The number of aliphatic carboxylic acids is 1. The van der Waals surface area contributed by atoms with Crippen LogP contribution in [0.4, 0.5) is 0 Å². The number of nitrogens with zero attached hydrogens (tertiary/aromatic N) is 2. The van der Waals surface area contributed by atoms with Crippen molar-refractivity contribution in [2.75, 3.05) is 6.16 Å². The van der Waals surface area contributed by atoms with Gasteiger partial charge in [0.25, 0.3) is 0 Å². The van der Waals surface area contributed by atoms with Crippen molar-refractivity contribution >= 4 is 29.1 Å². The average Bonchev–Trinajstić information content (AvgIpc) is 3.25. The van der Waals surface area contributed by atoms with E-state index in [2.05, 4.69) is 78.2 Å². The minimum atomic E-state index is -1.75. The Bertz CT molecular complexity index is 908. The minimum Gasteiger partial charge on any atom is -1.00 e. The number of aromatic nitrogens is 2. The van der Waals surface area contributed by atoms with Crippen LogP contribution in [0.5, 0.6) is 0 Å². The maximum Gasteiger partial charge on any atom is 0.303 e. The van der Waals surface area contributed by atoms with Crippen LogP contribution in [0.25, 0.3) is 0 Å². The lowest BCUT2D eigenvalue weighted by Gasteiger charge is -2.26. The van der Waals surface area contributed by atoms with Crippen LogP contribution in [-0.2, 0) is 11.8 Å². The first-order chi connectivity index (χ1) is 15.6. The summed E-state index contributed by atoms with van der Waals surface area (Å²) in [7, 11) is 0.253. The Morgan fingerprint density at radius 3 is 1.73 bits per heavy atom. The molecule has 0 spiro atoms. The molecule has 3 aromatic rings. The van der Waals surface area contributed by atoms with Gasteiger partial charge in [0.1, 0.15) is 23.2 Å². The van der Waals surface area contributed by atoms with E-state index < -0.39 is 13.2 Å². The number of halogens is 1. The highest BCUT2D eigenvalue weighted by Gasteiger charge is 2.45. The summed E-state index contributed by atoms with van der Waals surface area (Å²) in [4.78, 5) is 10.6. The number of benzene rings is 2. The zero-order valence-electron chi connectivity index (χ0n) is 19.6. The van der Waals surface area contributed by atoms with Gasteiger partial charge in [0, 0.05) is 13.5 Å². The van der Waals surface area contributed by atoms with E-state index in [1.807, 2.05) is 11.7 Å². The second kappa shape index (κ2) is 14.3. The summed E-state index contributed by atoms with van der Waals surface area (Å²) in [6.45, 7) is 0. The largest absolute Gasteiger partial charge is 1.00 e. The molecule has 0 aliphatic carbocycles. The topological polar surface area (TPSA) is 55.1 Å². The number of hydrogen-bond acceptors (Lipinski definition) is 2. The van der Waals surface area contributed by atoms with E-state index in [4.69, 9.17) is 5.11 Å². The first-order valence-corrected chi connectivity index (χ1v) is 13.8. The number of rotatable bonds is 14. The van der Waals surface area contributed by atoms with Crippen molar-refractivity contribution in [3.05, 3.63) is 73.1 Å². The van der Waals surface area contributed by atoms with E-state index in [-0.39, 0.29) is 17.0 Å². The van der Waals surface area contributed by atoms with E-state index in [0.717, 1.165) is 25.4 Å². The van der Waals surface area contributed by atoms with Crippen LogP contribution in [0.2, 0.25) is 0 Å². The molecule has 0 radical (unpaired) electrons. The van der Waals surface area contributed by atoms with Gasteiger partial charge < -0.3 is 22.1 Å². The average molecular weight is 531 g/mol. The number of carboxylic acid groups (broad SMARTS) is 1. The van der Waals surface area contributed by atoms with E-state index in [1.165, 1.54) is 48.0 Å². The fraction of sp³-hybridized carbons (Fsp3) is 0.407. The molecule has 178 valence electrons. The summed E-state index contributed by atoms with van der Waals surface area (Å²) in [6, 6.07) is 22.0. The quantitative estimate of drug-likeness (QED) is 0.257. The van der Waals surface area contributed by atoms with Gasteiger partial charge in [0.2, 0.25) is 0 Å². The van der Waals surface area contributed by atoms with E-state index in [0.29, 0.717) is 6.42 Å². The van der Waals surface area contributed by atoms with E-state index >= 15 is 0 Å². The van der Waals surface area contributed by atoms with Crippen LogP contribution in [0.1, 0.15) is 57.8 Å². The summed E-state index contributed by atoms with van der Waals surface area (Å²) in [5.41, 5.74) is 0. The zero-order chi connectivity index (χ0) is 22.7. The molecule has 1 N–H and O–H groups in total. The Labute approximate surface area is 209 Å². The minimum absolute atomic E-state index is 0. The van der Waals surface area contributed by atoms with Gasteiger partial charge in [-0.2, -0.15) is 5.10 Å². The highest BCUT2D eigenvalue weighted by Crippen LogP contribution is 2.55. The van der Waals surface area contributed by atoms with Crippen molar-refractivity contribution in [2.45, 2.75) is 57.8 Å². The summed E-state index contributed by atoms with van der Waals surface area (Å²) < 4.78 is 1.93. The molecule has 2 aromatic carbocycles. The predicted octanol–water partition coefficient (Wildman–Crippen LogP) is 2.31. The Balaban J connectivity index is 0.00000385. The summed E-state index contributed by atoms with van der Waals surface area (Å²) in [6.07, 6.45) is 14.9. The monoisotopic (exact) mass is 530 g/mol. The van der Waals surface area contributed by atoms with Crippen molar-refractivity contribution in [2.24, 2.45) is 7.05 Å². The van der Waals surface area contributed by atoms with Gasteiger partial charge in [-0.25, -0.2) is 0 Å². The lowest BCUT2D eigenvalue weighted by molar-refractivity contribution is -0.137. The molecular weight excluding hydrogens is 495 g/mol. The smallest absolute Gasteiger partial charge is 0.303 e. The number of carboxylic acids is 1. The first kappa shape index (κ1) is 27.3. The van der Waals surface area contributed by atoms with Crippen molar-refractivity contribution in [1.29, 1.82) is 0 Å². The summed E-state index contributed by atoms with van der Waals surface area (Å²) in [5, 5.41) is 17.5. The molecular formula is C27H36BrN2O2P. The van der Waals surface area contributed by atoms with Crippen LogP contribution in [-0.4, -0.2) is 27.0 Å². The van der Waals surface area contributed by atoms with Crippen LogP contribution >= 0.6 is 7.26 Å². The predicted molar refractivity (Wildman–Crippen MR) is 136 cm³/mol. The number of carbonyl (C=O) groups is 1. The van der Waals surface area contributed by atoms with Crippen molar-refractivity contribution < 1.29 is 26.9 Å². The van der Waals surface area contributed by atoms with Gasteiger partial charge in [-0.3, -0.25) is 9.48 Å². The van der Waals surface area contributed by atoms with E-state index in [9.17, 15) is 4.79 Å². The van der Waals surface area contributed by atoms with Crippen molar-refractivity contribution in [3.8, 4) is 0 Å². The first-order valence-electron chi connectivity index (χ1n) is 11.8. The fourth-order valence-electron chi connectivity index (χ4n) is 4.49. The third kappa shape index (κ3) is 7.79. The molecule has 0 bridgehead atoms. The Kier molecular flexibility index (Phi) is 11.8. The molecule has 1 heterocycles. The third-order valence-corrected chi connectivity index (χ3v) is 10.6. The highest BCUT2D eigenvalue weighted by molar-refractivity contribution is 7.95. The second-order valence-electron chi connectivity index (χ2n) is 8.55. The van der Waals surface area contributed by atoms with Crippen LogP contribution in [0, 0.1) is 0 Å². The Morgan fingerprint density at radius 1 is 0.788 bits per heavy atom. The SMILES string of the molecule is Cn1cc([P+](CCCCCCCCCCC(=O)O)(c2ccccc2)c2ccccc2)cn1.[Br-]. The molecule has 1 aromatic heterocycles. The molecule has 0 aliphatic heterocycles. The zero-order valence-corrected chi connectivity index (χ0v) is 22.1. The lowest BCUT2D eigenvalue weighted by atomic mass is 10.1. The number of unbranched alkanes of at least 4 members (excludes halogenated alkanes) is 7. The maximum absolute atomic E-state index is 10.6. The van der Waals surface area contributed by atoms with E-state index in [1.54, 1.807) is 0 Å². The summed E-state index contributed by atoms with van der Waals surface area (Å²) in [5.74, 6) is -0.678. The molecule has 0 fully saturated rings. The maximum atomic E-state index is 10.6. The highest BCUT2D eigenvalue weighted by atomic mass is 79.9. The standard InChI is InChI=1S/C27H35N2O2P.BrH/c1-29-23-26(22-28-29)32(24-16-10-8-11-17-24,25-18-12-9-13-19-25)21-15-7-5-3-2-4-6-14-20-27(30)31;/h8-13,16-19,22-23H,2-7,14-15,20-21H2,1H3;1H. The van der Waals surface area contributed by atoms with Gasteiger partial charge in [-0.15, -0.1) is 0 Å². The van der Waals surface area contributed by atoms with Crippen molar-refractivity contribution in [1.82, 2.24) is 9.78 Å². The van der Waals surface area contributed by atoms with Gasteiger partial charge in [0.05, 0.1) is 18.6 Å². The molecule has 0 atom stereocenters. The van der Waals surface area contributed by atoms with Crippen molar-refractivity contribution in [3.63, 3.8) is 0 Å². The molecule has 0 saturated heterocycles. The number of hydrogen-bond donors (Lipinski definition) is 1. The van der Waals surface area contributed by atoms with Gasteiger partial charge in [0.15, 0.2) is 0 Å². The number of aryl methyl sites for hydroxylation is 1. The molecule has 0 saturated carbocycles. The fourth-order valence-corrected chi connectivity index (χ4v) is 8.83.